The minimum Gasteiger partial charge on any atom is -0.468 e. The van der Waals surface area contributed by atoms with Crippen LogP contribution >= 0.6 is 11.6 Å². The average molecular weight is 609 g/mol. The van der Waals surface area contributed by atoms with Gasteiger partial charge in [-0.25, -0.2) is 0 Å². The van der Waals surface area contributed by atoms with Gasteiger partial charge in [0.15, 0.2) is 8.32 Å². The van der Waals surface area contributed by atoms with Gasteiger partial charge in [0.25, 0.3) is 5.91 Å². The molecule has 0 fully saturated rings. The second-order valence-corrected chi connectivity index (χ2v) is 18.0. The van der Waals surface area contributed by atoms with Crippen LogP contribution in [0.3, 0.4) is 0 Å². The maximum atomic E-state index is 14.1. The van der Waals surface area contributed by atoms with Crippen molar-refractivity contribution < 1.29 is 18.8 Å². The molecule has 2 aliphatic heterocycles. The number of aromatic nitrogens is 2. The Morgan fingerprint density at radius 3 is 2.57 bits per heavy atom. The van der Waals surface area contributed by atoms with Gasteiger partial charge in [-0.05, 0) is 59.9 Å². The molecule has 3 heterocycles. The molecule has 0 spiro atoms. The van der Waals surface area contributed by atoms with Gasteiger partial charge >= 0.3 is 5.97 Å². The summed E-state index contributed by atoms with van der Waals surface area (Å²) in [7, 11) is -0.433. The van der Waals surface area contributed by atoms with Crippen LogP contribution in [0, 0.1) is 0 Å². The zero-order chi connectivity index (χ0) is 30.2. The van der Waals surface area contributed by atoms with E-state index >= 15 is 0 Å². The van der Waals surface area contributed by atoms with Crippen LogP contribution in [0.5, 0.6) is 0 Å². The number of hydrogen-bond acceptors (Lipinski definition) is 6. The van der Waals surface area contributed by atoms with E-state index in [1.807, 2.05) is 17.0 Å². The first-order valence-electron chi connectivity index (χ1n) is 14.6. The summed E-state index contributed by atoms with van der Waals surface area (Å²) in [6.07, 6.45) is 1.55. The SMILES string of the molecule is COC(=O)Cn1nc(-c2cccc(Cl)c2)c2c1CCN(c1ccc3c(c1)CN(CCO[Si](C)(C)C(C)(C)C)CC3)C2=O. The average Bonchev–Trinajstić information content (AvgIpc) is 3.31. The van der Waals surface area contributed by atoms with Crippen molar-refractivity contribution in [1.82, 2.24) is 14.7 Å². The molecule has 3 aromatic rings. The van der Waals surface area contributed by atoms with Crippen LogP contribution in [0.25, 0.3) is 11.3 Å². The van der Waals surface area contributed by atoms with Crippen molar-refractivity contribution in [3.63, 3.8) is 0 Å². The van der Waals surface area contributed by atoms with E-state index in [1.54, 1.807) is 16.8 Å². The zero-order valence-electron chi connectivity index (χ0n) is 25.5. The molecule has 10 heteroatoms. The number of fused-ring (bicyclic) bond motifs is 2. The molecule has 42 heavy (non-hydrogen) atoms. The summed E-state index contributed by atoms with van der Waals surface area (Å²) in [5.41, 5.74) is 5.96. The van der Waals surface area contributed by atoms with Crippen molar-refractivity contribution in [3.8, 4) is 11.3 Å². The van der Waals surface area contributed by atoms with Gasteiger partial charge in [-0.3, -0.25) is 19.2 Å². The number of hydrogen-bond donors (Lipinski definition) is 0. The van der Waals surface area contributed by atoms with E-state index in [4.69, 9.17) is 25.9 Å². The molecule has 0 radical (unpaired) electrons. The standard InChI is InChI=1S/C32H41ClN4O4Si/c1-32(2,3)42(5,6)41-17-16-35-14-12-22-10-11-26(19-24(22)20-35)36-15-13-27-29(31(36)39)30(23-8-7-9-25(33)18-23)34-37(27)21-28(38)40-4/h7-11,18-19H,12-17,20-21H2,1-6H3. The van der Waals surface area contributed by atoms with Gasteiger partial charge in [0.1, 0.15) is 12.2 Å². The zero-order valence-corrected chi connectivity index (χ0v) is 27.3. The summed E-state index contributed by atoms with van der Waals surface area (Å²) in [5.74, 6) is -0.542. The number of carbonyl (C=O) groups excluding carboxylic acids is 2. The molecule has 2 aliphatic rings. The Morgan fingerprint density at radius 1 is 1.07 bits per heavy atom. The van der Waals surface area contributed by atoms with Crippen LogP contribution < -0.4 is 4.90 Å². The molecule has 0 N–H and O–H groups in total. The number of nitrogens with zero attached hydrogens (tertiary/aromatic N) is 4. The first kappa shape index (κ1) is 30.5. The number of rotatable bonds is 8. The van der Waals surface area contributed by atoms with E-state index in [2.05, 4.69) is 57.0 Å². The Balaban J connectivity index is 1.38. The molecule has 0 unspecified atom stereocenters. The lowest BCUT2D eigenvalue weighted by Gasteiger charge is -2.37. The smallest absolute Gasteiger partial charge is 0.327 e. The predicted octanol–water partition coefficient (Wildman–Crippen LogP) is 5.96. The van der Waals surface area contributed by atoms with E-state index in [-0.39, 0.29) is 17.5 Å². The highest BCUT2D eigenvalue weighted by Gasteiger charge is 2.37. The first-order valence-corrected chi connectivity index (χ1v) is 17.9. The lowest BCUT2D eigenvalue weighted by atomic mass is 9.96. The van der Waals surface area contributed by atoms with Gasteiger partial charge in [-0.15, -0.1) is 0 Å². The second-order valence-electron chi connectivity index (χ2n) is 12.7. The minimum absolute atomic E-state index is 0.0551. The lowest BCUT2D eigenvalue weighted by Crippen LogP contribution is -2.43. The van der Waals surface area contributed by atoms with Crippen molar-refractivity contribution in [2.75, 3.05) is 38.3 Å². The molecule has 5 rings (SSSR count). The topological polar surface area (TPSA) is 76.9 Å². The molecule has 1 amide bonds. The van der Waals surface area contributed by atoms with Gasteiger partial charge in [0.05, 0.1) is 18.4 Å². The summed E-state index contributed by atoms with van der Waals surface area (Å²) >= 11 is 6.29. The molecular formula is C32H41ClN4O4Si. The fourth-order valence-electron chi connectivity index (χ4n) is 5.44. The fourth-order valence-corrected chi connectivity index (χ4v) is 6.66. The van der Waals surface area contributed by atoms with Gasteiger partial charge in [0, 0.05) is 55.5 Å². The molecule has 0 saturated carbocycles. The maximum absolute atomic E-state index is 14.1. The van der Waals surface area contributed by atoms with Crippen LogP contribution in [0.4, 0.5) is 5.69 Å². The third kappa shape index (κ3) is 6.20. The van der Waals surface area contributed by atoms with Crippen molar-refractivity contribution in [3.05, 3.63) is 69.9 Å². The van der Waals surface area contributed by atoms with Gasteiger partial charge in [-0.1, -0.05) is 50.6 Å². The summed E-state index contributed by atoms with van der Waals surface area (Å²) < 4.78 is 12.9. The summed E-state index contributed by atoms with van der Waals surface area (Å²) in [5, 5.41) is 5.45. The van der Waals surface area contributed by atoms with Crippen molar-refractivity contribution in [1.29, 1.82) is 0 Å². The number of halogens is 1. The summed E-state index contributed by atoms with van der Waals surface area (Å²) in [4.78, 5) is 30.5. The Hall–Kier alpha value is -2.98. The Bertz CT molecular complexity index is 1500. The van der Waals surface area contributed by atoms with Gasteiger partial charge in [0.2, 0.25) is 0 Å². The molecule has 224 valence electrons. The van der Waals surface area contributed by atoms with Crippen LogP contribution in [-0.2, 0) is 39.9 Å². The van der Waals surface area contributed by atoms with Gasteiger partial charge < -0.3 is 14.1 Å². The number of carbonyl (C=O) groups is 2. The molecule has 2 aromatic carbocycles. The third-order valence-corrected chi connectivity index (χ3v) is 13.7. The molecule has 0 atom stereocenters. The Labute approximate surface area is 254 Å². The van der Waals surface area contributed by atoms with Crippen molar-refractivity contribution >= 4 is 37.5 Å². The van der Waals surface area contributed by atoms with E-state index in [0.717, 1.165) is 49.6 Å². The molecule has 8 nitrogen and oxygen atoms in total. The fraction of sp³-hybridized carbons (Fsp3) is 0.469. The highest BCUT2D eigenvalue weighted by Crippen LogP contribution is 2.37. The third-order valence-electron chi connectivity index (χ3n) is 8.96. The largest absolute Gasteiger partial charge is 0.468 e. The molecular weight excluding hydrogens is 568 g/mol. The van der Waals surface area contributed by atoms with Gasteiger partial charge in [-0.2, -0.15) is 5.10 Å². The van der Waals surface area contributed by atoms with Crippen LogP contribution in [0.2, 0.25) is 23.2 Å². The normalized spacial score (nSPS) is 15.9. The quantitative estimate of drug-likeness (QED) is 0.232. The van der Waals surface area contributed by atoms with E-state index in [0.29, 0.717) is 29.2 Å². The highest BCUT2D eigenvalue weighted by atomic mass is 35.5. The van der Waals surface area contributed by atoms with Crippen LogP contribution in [0.1, 0.15) is 48.0 Å². The molecule has 0 saturated heterocycles. The van der Waals surface area contributed by atoms with Crippen molar-refractivity contribution in [2.24, 2.45) is 0 Å². The van der Waals surface area contributed by atoms with E-state index < -0.39 is 14.3 Å². The lowest BCUT2D eigenvalue weighted by molar-refractivity contribution is -0.141. The highest BCUT2D eigenvalue weighted by molar-refractivity contribution is 6.74. The predicted molar refractivity (Wildman–Crippen MR) is 169 cm³/mol. The van der Waals surface area contributed by atoms with E-state index in [1.165, 1.54) is 18.2 Å². The van der Waals surface area contributed by atoms with E-state index in [9.17, 15) is 9.59 Å². The summed E-state index contributed by atoms with van der Waals surface area (Å²) in [6, 6.07) is 13.7. The van der Waals surface area contributed by atoms with Crippen LogP contribution in [0.15, 0.2) is 42.5 Å². The number of benzene rings is 2. The Kier molecular flexibility index (Phi) is 8.67. The Morgan fingerprint density at radius 2 is 1.86 bits per heavy atom. The maximum Gasteiger partial charge on any atom is 0.327 e. The minimum atomic E-state index is -1.78. The molecule has 1 aromatic heterocycles. The van der Waals surface area contributed by atoms with Crippen LogP contribution in [-0.4, -0.2) is 68.2 Å². The number of anilines is 1. The summed E-state index contributed by atoms with van der Waals surface area (Å²) in [6.45, 7) is 15.3. The number of esters is 1. The molecule has 0 bridgehead atoms. The molecule has 0 aliphatic carbocycles. The number of ether oxygens (including phenoxy) is 1. The number of methoxy groups -OCH3 is 1. The monoisotopic (exact) mass is 608 g/mol. The second kappa shape index (κ2) is 12.0. The number of amides is 1. The first-order chi connectivity index (χ1) is 19.9. The van der Waals surface area contributed by atoms with Crippen molar-refractivity contribution in [2.45, 2.75) is 64.8 Å².